The molecule has 3 aliphatic carbocycles. The molecule has 1 aliphatic heterocycles. The number of hydrogen-bond acceptors (Lipinski definition) is 8. The fourth-order valence-corrected chi connectivity index (χ4v) is 11.3. The van der Waals surface area contributed by atoms with Gasteiger partial charge in [-0.3, -0.25) is 0 Å². The topological polar surface area (TPSA) is 101 Å². The zero-order valence-corrected chi connectivity index (χ0v) is 43.4. The predicted octanol–water partition coefficient (Wildman–Crippen LogP) is 16.0. The van der Waals surface area contributed by atoms with Gasteiger partial charge in [0.2, 0.25) is 0 Å². The van der Waals surface area contributed by atoms with Gasteiger partial charge in [0.1, 0.15) is 5.84 Å². The average molecular weight is 1020 g/mol. The molecule has 2 aromatic heterocycles. The fourth-order valence-electron chi connectivity index (χ4n) is 11.3. The molecule has 79 heavy (non-hydrogen) atoms. The van der Waals surface area contributed by atoms with Gasteiger partial charge >= 0.3 is 0 Å². The van der Waals surface area contributed by atoms with E-state index < -0.39 is 5.66 Å². The third-order valence-corrected chi connectivity index (χ3v) is 15.4. The summed E-state index contributed by atoms with van der Waals surface area (Å²) in [6, 6.07) is 67.5. The van der Waals surface area contributed by atoms with Crippen LogP contribution >= 0.6 is 0 Å². The summed E-state index contributed by atoms with van der Waals surface area (Å²) in [7, 11) is 0. The van der Waals surface area contributed by atoms with Crippen LogP contribution < -0.4 is 5.32 Å². The second-order valence-corrected chi connectivity index (χ2v) is 20.5. The summed E-state index contributed by atoms with van der Waals surface area (Å²) in [5, 5.41) is 6.98. The standard InChI is InChI=1S/C71H52N8/c1-71(78-69(51-26-10-4-11-27-51)77-70(79-71)52-28-12-5-13-29-52)56-42-40-54(41-43-56)65-72-63(48-36-38-53(39-37-48)68-75-66(49-22-6-2-7-23-49)74-67(76-68)50-24-8-3-9-25-50)62-45-55(59-34-18-30-46-20-14-16-32-57(46)59)44-61(64(62)73-65)60-35-19-31-47-21-15-17-33-58(47)60/h2-8,10-24,26-46,57H,9,25H2,1H3,(H,77,78,79). The van der Waals surface area contributed by atoms with Crippen molar-refractivity contribution in [2.24, 2.45) is 21.8 Å². The molecule has 3 heterocycles. The second kappa shape index (κ2) is 20.1. The molecule has 8 aromatic carbocycles. The van der Waals surface area contributed by atoms with Crippen molar-refractivity contribution in [3.63, 3.8) is 0 Å². The van der Waals surface area contributed by atoms with Gasteiger partial charge in [-0.05, 0) is 70.5 Å². The van der Waals surface area contributed by atoms with Crippen molar-refractivity contribution in [3.8, 4) is 56.5 Å². The number of fused-ring (bicyclic) bond motifs is 3. The van der Waals surface area contributed by atoms with Gasteiger partial charge < -0.3 is 5.32 Å². The van der Waals surface area contributed by atoms with Crippen molar-refractivity contribution in [3.05, 3.63) is 283 Å². The van der Waals surface area contributed by atoms with Gasteiger partial charge in [0.15, 0.2) is 34.8 Å². The molecule has 10 aromatic rings. The summed E-state index contributed by atoms with van der Waals surface area (Å²) < 4.78 is 0. The van der Waals surface area contributed by atoms with Gasteiger partial charge in [0.25, 0.3) is 0 Å². The lowest BCUT2D eigenvalue weighted by atomic mass is 9.76. The molecule has 0 saturated carbocycles. The summed E-state index contributed by atoms with van der Waals surface area (Å²) in [4.78, 5) is 36.8. The number of aliphatic imine (C=N–C) groups is 2. The zero-order valence-electron chi connectivity index (χ0n) is 43.4. The Morgan fingerprint density at radius 2 is 1.09 bits per heavy atom. The van der Waals surface area contributed by atoms with Crippen molar-refractivity contribution >= 4 is 44.5 Å². The van der Waals surface area contributed by atoms with Crippen molar-refractivity contribution in [2.75, 3.05) is 0 Å². The number of nitrogens with zero attached hydrogens (tertiary/aromatic N) is 7. The van der Waals surface area contributed by atoms with Crippen LogP contribution in [-0.4, -0.2) is 36.6 Å². The maximum absolute atomic E-state index is 5.63. The van der Waals surface area contributed by atoms with E-state index in [1.807, 2.05) is 66.7 Å². The number of aromatic nitrogens is 5. The Labute approximate surface area is 459 Å². The molecule has 8 nitrogen and oxygen atoms in total. The summed E-state index contributed by atoms with van der Waals surface area (Å²) >= 11 is 0. The van der Waals surface area contributed by atoms with E-state index in [0.29, 0.717) is 29.1 Å². The highest BCUT2D eigenvalue weighted by molar-refractivity contribution is 6.13. The Balaban J connectivity index is 0.945. The van der Waals surface area contributed by atoms with E-state index in [4.69, 9.17) is 34.9 Å². The summed E-state index contributed by atoms with van der Waals surface area (Å²) in [5.41, 5.74) is 13.0. The van der Waals surface area contributed by atoms with Crippen molar-refractivity contribution < 1.29 is 0 Å². The van der Waals surface area contributed by atoms with Crippen LogP contribution in [-0.2, 0) is 5.66 Å². The lowest BCUT2D eigenvalue weighted by Gasteiger charge is -2.33. The third-order valence-electron chi connectivity index (χ3n) is 15.4. The molecular formula is C71H52N8. The Hall–Kier alpha value is -10.1. The molecule has 0 radical (unpaired) electrons. The van der Waals surface area contributed by atoms with Crippen molar-refractivity contribution in [1.82, 2.24) is 30.2 Å². The van der Waals surface area contributed by atoms with Crippen LogP contribution in [0.5, 0.6) is 0 Å². The Morgan fingerprint density at radius 1 is 0.468 bits per heavy atom. The fraction of sp³-hybridized carbons (Fsp3) is 0.0845. The molecule has 8 heteroatoms. The van der Waals surface area contributed by atoms with Gasteiger partial charge in [-0.1, -0.05) is 243 Å². The van der Waals surface area contributed by atoms with Crippen LogP contribution in [0.2, 0.25) is 0 Å². The number of amidine groups is 2. The van der Waals surface area contributed by atoms with Gasteiger partial charge in [-0.15, -0.1) is 0 Å². The maximum Gasteiger partial charge on any atom is 0.164 e. The molecule has 376 valence electrons. The van der Waals surface area contributed by atoms with E-state index in [0.717, 1.165) is 107 Å². The van der Waals surface area contributed by atoms with Crippen LogP contribution in [0.4, 0.5) is 0 Å². The Kier molecular flexibility index (Phi) is 12.1. The summed E-state index contributed by atoms with van der Waals surface area (Å²) in [6.07, 6.45) is 23.9. The average Bonchev–Trinajstić information content (AvgIpc) is 3.63. The van der Waals surface area contributed by atoms with Crippen LogP contribution in [0, 0.1) is 11.8 Å². The molecule has 0 fully saturated rings. The highest BCUT2D eigenvalue weighted by atomic mass is 15.2. The SMILES string of the molecule is CC1(c2ccc(-c3nc(-c4ccc(-c5nc(C6=CC=CCC6)nc(-c6ccccc6)n5)cc4)c4cc(C5=CC=CC6C=CC=CC56)cc(-c5cccc6ccccc56)c4n3)cc2)N=C(c2ccccc2)N=C(c2ccccc2)N1. The van der Waals surface area contributed by atoms with Crippen LogP contribution in [0.25, 0.3) is 89.4 Å². The number of hydrogen-bond donors (Lipinski definition) is 1. The number of rotatable bonds is 10. The molecule has 0 saturated heterocycles. The predicted molar refractivity (Wildman–Crippen MR) is 323 cm³/mol. The Bertz CT molecular complexity index is 4260. The normalized spacial score (nSPS) is 18.3. The van der Waals surface area contributed by atoms with E-state index >= 15 is 0 Å². The molecule has 1 N–H and O–H groups in total. The highest BCUT2D eigenvalue weighted by Gasteiger charge is 2.33. The molecule has 0 bridgehead atoms. The second-order valence-electron chi connectivity index (χ2n) is 20.5. The minimum absolute atomic E-state index is 0.185. The van der Waals surface area contributed by atoms with Crippen LogP contribution in [0.15, 0.2) is 265 Å². The smallest absolute Gasteiger partial charge is 0.164 e. The van der Waals surface area contributed by atoms with Crippen molar-refractivity contribution in [2.45, 2.75) is 25.4 Å². The van der Waals surface area contributed by atoms with Crippen LogP contribution in [0.1, 0.15) is 47.8 Å². The molecule has 3 atom stereocenters. The van der Waals surface area contributed by atoms with E-state index in [2.05, 4.69) is 200 Å². The highest BCUT2D eigenvalue weighted by Crippen LogP contribution is 2.44. The number of benzene rings is 8. The lowest BCUT2D eigenvalue weighted by Crippen LogP contribution is -2.46. The van der Waals surface area contributed by atoms with Gasteiger partial charge in [0, 0.05) is 56.2 Å². The van der Waals surface area contributed by atoms with Crippen molar-refractivity contribution in [1.29, 1.82) is 0 Å². The molecule has 4 aliphatic rings. The summed E-state index contributed by atoms with van der Waals surface area (Å²) in [6.45, 7) is 2.11. The third kappa shape index (κ3) is 9.13. The molecule has 14 rings (SSSR count). The van der Waals surface area contributed by atoms with E-state index in [1.165, 1.54) is 5.57 Å². The first-order chi connectivity index (χ1) is 39.0. The zero-order chi connectivity index (χ0) is 52.7. The molecule has 3 unspecified atom stereocenters. The number of allylic oxidation sites excluding steroid dienone is 12. The molecule has 0 spiro atoms. The minimum atomic E-state index is -0.845. The van der Waals surface area contributed by atoms with Gasteiger partial charge in [-0.2, -0.15) is 0 Å². The van der Waals surface area contributed by atoms with Gasteiger partial charge in [0.05, 0.1) is 11.2 Å². The minimum Gasteiger partial charge on any atom is -0.342 e. The number of nitrogens with one attached hydrogen (secondary N) is 1. The van der Waals surface area contributed by atoms with E-state index in [-0.39, 0.29) is 11.8 Å². The summed E-state index contributed by atoms with van der Waals surface area (Å²) in [5.74, 6) is 4.43. The molecule has 0 amide bonds. The largest absolute Gasteiger partial charge is 0.342 e. The van der Waals surface area contributed by atoms with Crippen LogP contribution in [0.3, 0.4) is 0 Å². The van der Waals surface area contributed by atoms with E-state index in [1.54, 1.807) is 0 Å². The van der Waals surface area contributed by atoms with Gasteiger partial charge in [-0.25, -0.2) is 34.9 Å². The maximum atomic E-state index is 5.63. The molecular weight excluding hydrogens is 965 g/mol. The monoisotopic (exact) mass is 1020 g/mol. The first-order valence-corrected chi connectivity index (χ1v) is 27.0. The first-order valence-electron chi connectivity index (χ1n) is 27.0. The Morgan fingerprint density at radius 3 is 1.84 bits per heavy atom. The van der Waals surface area contributed by atoms with E-state index in [9.17, 15) is 0 Å². The first kappa shape index (κ1) is 47.4. The lowest BCUT2D eigenvalue weighted by molar-refractivity contribution is 0.455. The quantitative estimate of drug-likeness (QED) is 0.146.